The Morgan fingerprint density at radius 1 is 1.38 bits per heavy atom. The van der Waals surface area contributed by atoms with Gasteiger partial charge in [-0.25, -0.2) is 4.39 Å². The fraction of sp³-hybridized carbons (Fsp3) is 0.200. The van der Waals surface area contributed by atoms with E-state index >= 15 is 0 Å². The monoisotopic (exact) mass is 120 g/mol. The average molecular weight is 120 g/mol. The van der Waals surface area contributed by atoms with Crippen LogP contribution in [0, 0.1) is 0 Å². The van der Waals surface area contributed by atoms with Crippen LogP contribution < -0.4 is 0 Å². The van der Waals surface area contributed by atoms with Gasteiger partial charge in [0.2, 0.25) is 0 Å². The third-order valence-electron chi connectivity index (χ3n) is 0.867. The van der Waals surface area contributed by atoms with Crippen molar-refractivity contribution in [3.05, 3.63) is 24.1 Å². The highest BCUT2D eigenvalue weighted by Gasteiger charge is 2.33. The molecule has 0 N–H and O–H groups in total. The minimum absolute atomic E-state index is 0.516. The number of rotatable bonds is 0. The lowest BCUT2D eigenvalue weighted by atomic mass is 10.4. The first-order valence-corrected chi connectivity index (χ1v) is 2.06. The van der Waals surface area contributed by atoms with Gasteiger partial charge in [0.15, 0.2) is 5.83 Å². The van der Waals surface area contributed by atoms with E-state index in [1.165, 1.54) is 0 Å². The second-order valence-electron chi connectivity index (χ2n) is 1.50. The normalized spacial score (nSPS) is 23.6. The van der Waals surface area contributed by atoms with Gasteiger partial charge < -0.3 is 0 Å². The molecule has 0 aliphatic heterocycles. The molecule has 0 spiro atoms. The van der Waals surface area contributed by atoms with Crippen LogP contribution in [0.25, 0.3) is 0 Å². The van der Waals surface area contributed by atoms with Gasteiger partial charge in [-0.1, -0.05) is 6.08 Å². The van der Waals surface area contributed by atoms with Crippen LogP contribution in [0.15, 0.2) is 24.1 Å². The van der Waals surface area contributed by atoms with E-state index in [0.29, 0.717) is 6.08 Å². The topological polar surface area (TPSA) is 0 Å². The zero-order valence-corrected chi connectivity index (χ0v) is 3.87. The molecule has 8 heavy (non-hydrogen) atoms. The van der Waals surface area contributed by atoms with E-state index in [1.54, 1.807) is 0 Å². The molecule has 44 valence electrons. The zero-order valence-electron chi connectivity index (χ0n) is 3.87. The summed E-state index contributed by atoms with van der Waals surface area (Å²) < 4.78 is 35.4. The van der Waals surface area contributed by atoms with Crippen LogP contribution >= 0.6 is 0 Å². The second-order valence-corrected chi connectivity index (χ2v) is 1.50. The molecule has 0 unspecified atom stereocenters. The molecule has 0 aromatic rings. The third kappa shape index (κ3) is 0.638. The summed E-state index contributed by atoms with van der Waals surface area (Å²) in [5.74, 6) is -4.71. The summed E-state index contributed by atoms with van der Waals surface area (Å²) in [6.45, 7) is 0. The van der Waals surface area contributed by atoms with Crippen molar-refractivity contribution < 1.29 is 13.2 Å². The molecule has 0 aromatic heterocycles. The minimum atomic E-state index is -3.33. The average Bonchev–Trinajstić information content (AvgIpc) is 1.86. The number of halogens is 3. The summed E-state index contributed by atoms with van der Waals surface area (Å²) in [6.07, 6.45) is 2.26. The van der Waals surface area contributed by atoms with Crippen LogP contribution in [0.3, 0.4) is 0 Å². The summed E-state index contributed by atoms with van der Waals surface area (Å²) >= 11 is 0. The molecule has 0 nitrogen and oxygen atoms in total. The van der Waals surface area contributed by atoms with Crippen molar-refractivity contribution in [2.75, 3.05) is 0 Å². The smallest absolute Gasteiger partial charge is 0.205 e. The van der Waals surface area contributed by atoms with Crippen LogP contribution in [0.1, 0.15) is 0 Å². The fourth-order valence-corrected chi connectivity index (χ4v) is 0.444. The highest BCUT2D eigenvalue weighted by atomic mass is 19.3. The molecule has 0 aromatic carbocycles. The Morgan fingerprint density at radius 3 is 2.12 bits per heavy atom. The Kier molecular flexibility index (Phi) is 0.927. The van der Waals surface area contributed by atoms with Crippen molar-refractivity contribution in [3.63, 3.8) is 0 Å². The first kappa shape index (κ1) is 5.41. The maximum Gasteiger partial charge on any atom is 0.317 e. The molecule has 0 saturated carbocycles. The van der Waals surface area contributed by atoms with Gasteiger partial charge in [-0.05, 0) is 12.2 Å². The Hall–Kier alpha value is -0.730. The molecule has 0 saturated heterocycles. The van der Waals surface area contributed by atoms with Crippen LogP contribution in [0.4, 0.5) is 13.2 Å². The standard InChI is InChI=1S/C5H3F3/c6-4-2-1-3-5(4,7)8/h1-3H. The number of alkyl halides is 2. The molecular formula is C5H3F3. The van der Waals surface area contributed by atoms with Gasteiger partial charge in [-0.3, -0.25) is 0 Å². The summed E-state index contributed by atoms with van der Waals surface area (Å²) in [4.78, 5) is 0. The molecule has 3 heteroatoms. The minimum Gasteiger partial charge on any atom is -0.205 e. The molecule has 1 aliphatic carbocycles. The SMILES string of the molecule is FC1=CC=CC1(F)F. The lowest BCUT2D eigenvalue weighted by Crippen LogP contribution is -2.08. The van der Waals surface area contributed by atoms with Gasteiger partial charge in [-0.2, -0.15) is 8.78 Å². The predicted octanol–water partition coefficient (Wildman–Crippen LogP) is 2.04. The Balaban J connectivity index is 2.87. The molecule has 0 radical (unpaired) electrons. The van der Waals surface area contributed by atoms with E-state index in [4.69, 9.17) is 0 Å². The molecule has 0 bridgehead atoms. The van der Waals surface area contributed by atoms with Gasteiger partial charge in [0.1, 0.15) is 0 Å². The largest absolute Gasteiger partial charge is 0.317 e. The summed E-state index contributed by atoms with van der Waals surface area (Å²) in [5, 5.41) is 0. The van der Waals surface area contributed by atoms with Crippen LogP contribution in [0.5, 0.6) is 0 Å². The molecule has 1 aliphatic rings. The van der Waals surface area contributed by atoms with Crippen LogP contribution in [-0.4, -0.2) is 5.92 Å². The summed E-state index contributed by atoms with van der Waals surface area (Å²) in [6, 6.07) is 0. The molecule has 0 atom stereocenters. The van der Waals surface area contributed by atoms with Gasteiger partial charge >= 0.3 is 5.92 Å². The quantitative estimate of drug-likeness (QED) is 0.459. The fourth-order valence-electron chi connectivity index (χ4n) is 0.444. The highest BCUT2D eigenvalue weighted by Crippen LogP contribution is 2.30. The van der Waals surface area contributed by atoms with Gasteiger partial charge in [0, 0.05) is 0 Å². The van der Waals surface area contributed by atoms with Crippen molar-refractivity contribution in [2.45, 2.75) is 5.92 Å². The molecular weight excluding hydrogens is 117 g/mol. The van der Waals surface area contributed by atoms with E-state index in [-0.39, 0.29) is 0 Å². The number of allylic oxidation sites excluding steroid dienone is 4. The molecule has 1 rings (SSSR count). The first-order valence-electron chi connectivity index (χ1n) is 2.06. The van der Waals surface area contributed by atoms with Gasteiger partial charge in [-0.15, -0.1) is 0 Å². The van der Waals surface area contributed by atoms with Crippen molar-refractivity contribution >= 4 is 0 Å². The molecule has 0 fully saturated rings. The van der Waals surface area contributed by atoms with Crippen LogP contribution in [-0.2, 0) is 0 Å². The molecule has 0 amide bonds. The first-order chi connectivity index (χ1) is 3.63. The summed E-state index contributed by atoms with van der Waals surface area (Å²) in [5.41, 5.74) is 0. The maximum atomic E-state index is 11.8. The van der Waals surface area contributed by atoms with Crippen molar-refractivity contribution in [1.29, 1.82) is 0 Å². The van der Waals surface area contributed by atoms with Crippen molar-refractivity contribution in [1.82, 2.24) is 0 Å². The van der Waals surface area contributed by atoms with E-state index in [2.05, 4.69) is 0 Å². The Labute approximate surface area is 44.3 Å². The predicted molar refractivity (Wildman–Crippen MR) is 23.3 cm³/mol. The van der Waals surface area contributed by atoms with E-state index in [9.17, 15) is 13.2 Å². The van der Waals surface area contributed by atoms with Gasteiger partial charge in [0.05, 0.1) is 0 Å². The maximum absolute atomic E-state index is 11.8. The van der Waals surface area contributed by atoms with Crippen molar-refractivity contribution in [3.8, 4) is 0 Å². The lowest BCUT2D eigenvalue weighted by Gasteiger charge is -2.01. The highest BCUT2D eigenvalue weighted by molar-refractivity contribution is 5.28. The summed E-state index contributed by atoms with van der Waals surface area (Å²) in [7, 11) is 0. The zero-order chi connectivity index (χ0) is 6.20. The molecule has 0 heterocycles. The van der Waals surface area contributed by atoms with E-state index in [0.717, 1.165) is 12.2 Å². The van der Waals surface area contributed by atoms with Crippen LogP contribution in [0.2, 0.25) is 0 Å². The Morgan fingerprint density at radius 2 is 2.00 bits per heavy atom. The van der Waals surface area contributed by atoms with Crippen molar-refractivity contribution in [2.24, 2.45) is 0 Å². The Bertz CT molecular complexity index is 155. The van der Waals surface area contributed by atoms with E-state index in [1.807, 2.05) is 0 Å². The second kappa shape index (κ2) is 1.37. The lowest BCUT2D eigenvalue weighted by molar-refractivity contribution is 0.0744. The third-order valence-corrected chi connectivity index (χ3v) is 0.867. The number of hydrogen-bond acceptors (Lipinski definition) is 0. The van der Waals surface area contributed by atoms with E-state index < -0.39 is 11.7 Å². The number of hydrogen-bond donors (Lipinski definition) is 0. The van der Waals surface area contributed by atoms with Gasteiger partial charge in [0.25, 0.3) is 0 Å².